The van der Waals surface area contributed by atoms with E-state index < -0.39 is 0 Å². The minimum absolute atomic E-state index is 0.0663. The number of aromatic nitrogens is 2. The summed E-state index contributed by atoms with van der Waals surface area (Å²) in [5.74, 6) is 0. The van der Waals surface area contributed by atoms with Gasteiger partial charge in [0.2, 0.25) is 0 Å². The summed E-state index contributed by atoms with van der Waals surface area (Å²) in [6.07, 6.45) is 29.9. The smallest absolute Gasteiger partial charge is 0.309 e. The van der Waals surface area contributed by atoms with Gasteiger partial charge in [0.15, 0.2) is 0 Å². The minimum atomic E-state index is 0.0663. The van der Waals surface area contributed by atoms with E-state index in [4.69, 9.17) is 0 Å². The fraction of sp³-hybridized carbons (Fsp3) is 0.735. The molecule has 0 spiro atoms. The SMILES string of the molecule is CCCCCCCCCCCCCCCCCCc1ccc(-c2c(C)[nH]c(=O)n2C2CCCCC2)cc1. The molecule has 1 aliphatic rings. The number of nitrogens with zero attached hydrogens (tertiary/aromatic N) is 1. The maximum absolute atomic E-state index is 12.7. The summed E-state index contributed by atoms with van der Waals surface area (Å²) < 4.78 is 2.05. The molecule has 3 heteroatoms. The third kappa shape index (κ3) is 10.5. The zero-order valence-corrected chi connectivity index (χ0v) is 24.3. The molecule has 1 heterocycles. The van der Waals surface area contributed by atoms with Crippen molar-refractivity contribution < 1.29 is 0 Å². The topological polar surface area (TPSA) is 37.8 Å². The molecule has 0 saturated heterocycles. The average Bonchev–Trinajstić information content (AvgIpc) is 3.22. The number of H-pyrrole nitrogens is 1. The number of aryl methyl sites for hydroxylation is 2. The van der Waals surface area contributed by atoms with Gasteiger partial charge in [-0.05, 0) is 38.2 Å². The Morgan fingerprint density at radius 2 is 1.19 bits per heavy atom. The van der Waals surface area contributed by atoms with Crippen molar-refractivity contribution in [1.29, 1.82) is 0 Å². The van der Waals surface area contributed by atoms with Gasteiger partial charge in [0.05, 0.1) is 5.69 Å². The molecule has 1 aliphatic carbocycles. The molecular weight excluding hydrogens is 452 g/mol. The Hall–Kier alpha value is -1.77. The summed E-state index contributed by atoms with van der Waals surface area (Å²) in [6, 6.07) is 9.38. The monoisotopic (exact) mass is 508 g/mol. The van der Waals surface area contributed by atoms with Crippen molar-refractivity contribution in [3.63, 3.8) is 0 Å². The summed E-state index contributed by atoms with van der Waals surface area (Å²) in [5, 5.41) is 0. The highest BCUT2D eigenvalue weighted by atomic mass is 16.1. The first-order valence-electron chi connectivity index (χ1n) is 16.1. The van der Waals surface area contributed by atoms with E-state index in [0.717, 1.165) is 24.2 Å². The molecule has 1 aromatic carbocycles. The van der Waals surface area contributed by atoms with Crippen molar-refractivity contribution in [2.75, 3.05) is 0 Å². The van der Waals surface area contributed by atoms with Crippen LogP contribution in [0.5, 0.6) is 0 Å². The fourth-order valence-corrected chi connectivity index (χ4v) is 6.31. The molecule has 0 aliphatic heterocycles. The lowest BCUT2D eigenvalue weighted by molar-refractivity contribution is 0.349. The second-order valence-electron chi connectivity index (χ2n) is 11.8. The van der Waals surface area contributed by atoms with E-state index in [1.807, 2.05) is 6.92 Å². The summed E-state index contributed by atoms with van der Waals surface area (Å²) in [6.45, 7) is 4.34. The van der Waals surface area contributed by atoms with Gasteiger partial charge in [-0.2, -0.15) is 0 Å². The lowest BCUT2D eigenvalue weighted by Crippen LogP contribution is -2.24. The molecule has 1 saturated carbocycles. The van der Waals surface area contributed by atoms with Crippen LogP contribution < -0.4 is 5.69 Å². The molecule has 0 unspecified atom stereocenters. The van der Waals surface area contributed by atoms with Crippen LogP contribution in [0.4, 0.5) is 0 Å². The van der Waals surface area contributed by atoms with Gasteiger partial charge in [-0.15, -0.1) is 0 Å². The van der Waals surface area contributed by atoms with E-state index in [1.54, 1.807) is 0 Å². The first-order valence-corrected chi connectivity index (χ1v) is 16.1. The number of hydrogen-bond acceptors (Lipinski definition) is 1. The molecule has 0 bridgehead atoms. The summed E-state index contributed by atoms with van der Waals surface area (Å²) in [5.41, 5.74) is 4.77. The number of aromatic amines is 1. The van der Waals surface area contributed by atoms with E-state index in [9.17, 15) is 4.79 Å². The van der Waals surface area contributed by atoms with E-state index in [2.05, 4.69) is 40.7 Å². The molecular formula is C34H56N2O. The molecule has 0 atom stereocenters. The van der Waals surface area contributed by atoms with Gasteiger partial charge < -0.3 is 4.98 Å². The molecule has 0 radical (unpaired) electrons. The zero-order valence-electron chi connectivity index (χ0n) is 24.3. The van der Waals surface area contributed by atoms with Crippen LogP contribution in [0.25, 0.3) is 11.3 Å². The fourth-order valence-electron chi connectivity index (χ4n) is 6.31. The first-order chi connectivity index (χ1) is 18.2. The van der Waals surface area contributed by atoms with Crippen LogP contribution in [-0.4, -0.2) is 9.55 Å². The summed E-state index contributed by atoms with van der Waals surface area (Å²) in [7, 11) is 0. The molecule has 37 heavy (non-hydrogen) atoms. The second-order valence-corrected chi connectivity index (χ2v) is 11.8. The van der Waals surface area contributed by atoms with Crippen LogP contribution in [0, 0.1) is 6.92 Å². The number of nitrogens with one attached hydrogen (secondary N) is 1. The van der Waals surface area contributed by atoms with E-state index in [0.29, 0.717) is 6.04 Å². The highest BCUT2D eigenvalue weighted by Gasteiger charge is 2.22. The van der Waals surface area contributed by atoms with Gasteiger partial charge in [-0.1, -0.05) is 147 Å². The Labute approximate surface area is 227 Å². The lowest BCUT2D eigenvalue weighted by atomic mass is 9.94. The second kappa shape index (κ2) is 17.7. The lowest BCUT2D eigenvalue weighted by Gasteiger charge is -2.24. The Bertz CT molecular complexity index is 901. The summed E-state index contributed by atoms with van der Waals surface area (Å²) in [4.78, 5) is 15.8. The van der Waals surface area contributed by atoms with Gasteiger partial charge in [0, 0.05) is 17.3 Å². The minimum Gasteiger partial charge on any atom is -0.309 e. The number of hydrogen-bond donors (Lipinski definition) is 1. The average molecular weight is 509 g/mol. The van der Waals surface area contributed by atoms with Crippen LogP contribution >= 0.6 is 0 Å². The van der Waals surface area contributed by atoms with Crippen LogP contribution in [0.2, 0.25) is 0 Å². The van der Waals surface area contributed by atoms with Gasteiger partial charge in [-0.25, -0.2) is 4.79 Å². The summed E-state index contributed by atoms with van der Waals surface area (Å²) >= 11 is 0. The van der Waals surface area contributed by atoms with Crippen LogP contribution in [0.3, 0.4) is 0 Å². The predicted octanol–water partition coefficient (Wildman–Crippen LogP) is 10.5. The van der Waals surface area contributed by atoms with Crippen molar-refractivity contribution in [2.24, 2.45) is 0 Å². The Morgan fingerprint density at radius 1 is 0.703 bits per heavy atom. The standard InChI is InChI=1S/C34H56N2O/c1-3-4-5-6-7-8-9-10-11-12-13-14-15-16-17-19-22-30-25-27-31(28-26-30)33-29(2)35-34(37)36(33)32-23-20-18-21-24-32/h25-28,32H,3-24H2,1-2H3,(H,35,37). The quantitative estimate of drug-likeness (QED) is 0.188. The molecule has 1 aromatic heterocycles. The van der Waals surface area contributed by atoms with Crippen molar-refractivity contribution in [3.8, 4) is 11.3 Å². The largest absolute Gasteiger partial charge is 0.326 e. The van der Waals surface area contributed by atoms with E-state index in [-0.39, 0.29) is 5.69 Å². The van der Waals surface area contributed by atoms with Crippen molar-refractivity contribution >= 4 is 0 Å². The van der Waals surface area contributed by atoms with Gasteiger partial charge >= 0.3 is 5.69 Å². The Balaban J connectivity index is 1.25. The van der Waals surface area contributed by atoms with E-state index >= 15 is 0 Å². The van der Waals surface area contributed by atoms with Crippen LogP contribution in [0.1, 0.15) is 159 Å². The number of benzene rings is 1. The predicted molar refractivity (Wildman–Crippen MR) is 161 cm³/mol. The van der Waals surface area contributed by atoms with Crippen molar-refractivity contribution in [1.82, 2.24) is 9.55 Å². The van der Waals surface area contributed by atoms with Crippen LogP contribution in [-0.2, 0) is 6.42 Å². The van der Waals surface area contributed by atoms with Crippen molar-refractivity contribution in [3.05, 3.63) is 46.0 Å². The van der Waals surface area contributed by atoms with Crippen LogP contribution in [0.15, 0.2) is 29.1 Å². The third-order valence-corrected chi connectivity index (χ3v) is 8.60. The normalized spacial score (nSPS) is 14.4. The van der Waals surface area contributed by atoms with Crippen molar-refractivity contribution in [2.45, 2.75) is 161 Å². The maximum atomic E-state index is 12.7. The highest BCUT2D eigenvalue weighted by Crippen LogP contribution is 2.32. The number of imidazole rings is 1. The molecule has 3 rings (SSSR count). The molecule has 0 amide bonds. The zero-order chi connectivity index (χ0) is 26.1. The third-order valence-electron chi connectivity index (χ3n) is 8.60. The Morgan fingerprint density at radius 3 is 1.70 bits per heavy atom. The molecule has 1 N–H and O–H groups in total. The maximum Gasteiger partial charge on any atom is 0.326 e. The highest BCUT2D eigenvalue weighted by molar-refractivity contribution is 5.62. The van der Waals surface area contributed by atoms with Gasteiger partial charge in [0.1, 0.15) is 0 Å². The van der Waals surface area contributed by atoms with Gasteiger partial charge in [0.25, 0.3) is 0 Å². The molecule has 2 aromatic rings. The van der Waals surface area contributed by atoms with Gasteiger partial charge in [-0.3, -0.25) is 4.57 Å². The Kier molecular flexibility index (Phi) is 14.2. The number of rotatable bonds is 19. The first kappa shape index (κ1) is 29.8. The molecule has 208 valence electrons. The molecule has 3 nitrogen and oxygen atoms in total. The molecule has 1 fully saturated rings. The number of unbranched alkanes of at least 4 members (excludes halogenated alkanes) is 15. The van der Waals surface area contributed by atoms with E-state index in [1.165, 1.54) is 140 Å².